The number of fused-ring (bicyclic) bond motifs is 2. The molecule has 0 N–H and O–H groups in total. The van der Waals surface area contributed by atoms with E-state index >= 15 is 0 Å². The molecule has 10 atom stereocenters. The normalized spacial score (nSPS) is 35.8. The van der Waals surface area contributed by atoms with Crippen molar-refractivity contribution in [3.8, 4) is 0 Å². The smallest absolute Gasteiger partial charge is 0.312 e. The van der Waals surface area contributed by atoms with Crippen molar-refractivity contribution in [2.75, 3.05) is 0 Å². The highest BCUT2D eigenvalue weighted by Gasteiger charge is 2.67. The lowest BCUT2D eigenvalue weighted by molar-refractivity contribution is -0.206. The van der Waals surface area contributed by atoms with Gasteiger partial charge in [0.15, 0.2) is 24.4 Å². The standard InChI is InChI=1S/C19H32O2.C14H26O2.2C13H18O5/c1-6-17(2,3)16(20)21-18(4,5)19-10-13-7-14(11-19)9-15(8-13)12-19;1-5-13(3,4)12(15)16-14(6-2)10-8-7-9-11-14;2*1-4-13(2,3)12(15)18-9-7-5-6-8(16-7)10(9)17-11(6)14/h13-15H,6-12H2,1-5H3;5-11H2,1-4H3;2*6-10H,4-5H2,1-3H3. The zero-order valence-corrected chi connectivity index (χ0v) is 47.4. The summed E-state index contributed by atoms with van der Waals surface area (Å²) in [7, 11) is 0. The van der Waals surface area contributed by atoms with Crippen molar-refractivity contribution >= 4 is 35.8 Å². The maximum Gasteiger partial charge on any atom is 0.312 e. The Morgan fingerprint density at radius 2 is 0.877 bits per heavy atom. The molecule has 0 spiro atoms. The topological polar surface area (TPSA) is 176 Å². The van der Waals surface area contributed by atoms with Gasteiger partial charge < -0.3 is 37.9 Å². The molecule has 11 aliphatic rings. The van der Waals surface area contributed by atoms with Crippen LogP contribution < -0.4 is 0 Å². The summed E-state index contributed by atoms with van der Waals surface area (Å²) in [6.07, 6.45) is 16.9. The number of carbonyl (C=O) groups excluding carboxylic acids is 6. The molecular formula is C59H94O14. The van der Waals surface area contributed by atoms with Crippen molar-refractivity contribution in [1.82, 2.24) is 0 Å². The molecule has 5 aliphatic carbocycles. The Bertz CT molecular complexity index is 1930. The lowest BCUT2D eigenvalue weighted by Gasteiger charge is -2.61. The van der Waals surface area contributed by atoms with E-state index in [-0.39, 0.29) is 99.5 Å². The second kappa shape index (κ2) is 21.3. The summed E-state index contributed by atoms with van der Waals surface area (Å²) in [5.74, 6) is 1.47. The van der Waals surface area contributed by atoms with Gasteiger partial charge in [0.25, 0.3) is 0 Å². The van der Waals surface area contributed by atoms with Crippen LogP contribution in [0.3, 0.4) is 0 Å². The number of hydrogen-bond donors (Lipinski definition) is 0. The number of hydrogen-bond acceptors (Lipinski definition) is 14. The zero-order valence-electron chi connectivity index (χ0n) is 47.4. The predicted molar refractivity (Wildman–Crippen MR) is 272 cm³/mol. The summed E-state index contributed by atoms with van der Waals surface area (Å²) in [5.41, 5.74) is -1.93. The highest BCUT2D eigenvalue weighted by atomic mass is 16.7. The van der Waals surface area contributed by atoms with Crippen LogP contribution in [0.15, 0.2) is 0 Å². The van der Waals surface area contributed by atoms with Gasteiger partial charge in [-0.15, -0.1) is 0 Å². The van der Waals surface area contributed by atoms with E-state index in [9.17, 15) is 28.8 Å². The summed E-state index contributed by atoms with van der Waals surface area (Å²) in [6, 6.07) is 0. The molecule has 0 amide bonds. The predicted octanol–water partition coefficient (Wildman–Crippen LogP) is 11.1. The molecule has 0 aromatic rings. The molecule has 6 aliphatic heterocycles. The molecule has 14 heteroatoms. The number of rotatable bonds is 14. The minimum absolute atomic E-state index is 0.00857. The van der Waals surface area contributed by atoms with E-state index in [0.29, 0.717) is 25.7 Å². The fourth-order valence-electron chi connectivity index (χ4n) is 13.3. The molecule has 0 aromatic carbocycles. The van der Waals surface area contributed by atoms with E-state index < -0.39 is 35.2 Å². The average Bonchev–Trinajstić information content (AvgIpc) is 4.18. The van der Waals surface area contributed by atoms with Crippen molar-refractivity contribution < 1.29 is 66.7 Å². The van der Waals surface area contributed by atoms with Crippen molar-refractivity contribution in [2.24, 2.45) is 56.7 Å². The summed E-state index contributed by atoms with van der Waals surface area (Å²) >= 11 is 0. The van der Waals surface area contributed by atoms with Crippen LogP contribution >= 0.6 is 0 Å². The maximum atomic E-state index is 12.6. The van der Waals surface area contributed by atoms with Gasteiger partial charge in [-0.25, -0.2) is 0 Å². The molecule has 10 unspecified atom stereocenters. The summed E-state index contributed by atoms with van der Waals surface area (Å²) in [5, 5.41) is 0. The van der Waals surface area contributed by atoms with Crippen LogP contribution in [-0.2, 0) is 66.7 Å². The van der Waals surface area contributed by atoms with E-state index in [1.54, 1.807) is 0 Å². The molecule has 5 saturated carbocycles. The molecule has 14 nitrogen and oxygen atoms in total. The number of esters is 6. The number of carbonyl (C=O) groups is 6. The quantitative estimate of drug-likeness (QED) is 0.119. The van der Waals surface area contributed by atoms with Crippen molar-refractivity contribution in [1.29, 1.82) is 0 Å². The Kier molecular flexibility index (Phi) is 16.7. The number of ether oxygens (including phenoxy) is 8. The van der Waals surface area contributed by atoms with E-state index in [1.807, 2.05) is 76.2 Å². The van der Waals surface area contributed by atoms with Gasteiger partial charge in [-0.05, 0) is 196 Å². The average molecular weight is 1030 g/mol. The fourth-order valence-corrected chi connectivity index (χ4v) is 13.3. The van der Waals surface area contributed by atoms with Crippen molar-refractivity contribution in [2.45, 2.75) is 279 Å². The van der Waals surface area contributed by atoms with Gasteiger partial charge in [0.05, 0.1) is 45.7 Å². The Morgan fingerprint density at radius 3 is 1.25 bits per heavy atom. The molecular weight excluding hydrogens is 933 g/mol. The molecule has 11 fully saturated rings. The largest absolute Gasteiger partial charge is 0.459 e. The Morgan fingerprint density at radius 1 is 0.507 bits per heavy atom. The summed E-state index contributed by atoms with van der Waals surface area (Å²) in [4.78, 5) is 71.9. The Labute approximate surface area is 437 Å². The van der Waals surface area contributed by atoms with Gasteiger partial charge in [-0.3, -0.25) is 28.8 Å². The molecule has 73 heavy (non-hydrogen) atoms. The molecule has 414 valence electrons. The van der Waals surface area contributed by atoms with Crippen LogP contribution in [0.1, 0.15) is 219 Å². The first kappa shape index (κ1) is 57.4. The minimum atomic E-state index is -0.510. The molecule has 0 aromatic heterocycles. The van der Waals surface area contributed by atoms with Gasteiger partial charge >= 0.3 is 35.8 Å². The third-order valence-corrected chi connectivity index (χ3v) is 20.2. The van der Waals surface area contributed by atoms with Gasteiger partial charge in [-0.2, -0.15) is 0 Å². The second-order valence-corrected chi connectivity index (χ2v) is 27.0. The van der Waals surface area contributed by atoms with Gasteiger partial charge in [0.2, 0.25) is 0 Å². The van der Waals surface area contributed by atoms with E-state index in [4.69, 9.17) is 37.9 Å². The molecule has 6 heterocycles. The van der Waals surface area contributed by atoms with Crippen LogP contribution in [0.5, 0.6) is 0 Å². The van der Waals surface area contributed by atoms with Crippen LogP contribution in [-0.4, -0.2) is 95.8 Å². The summed E-state index contributed by atoms with van der Waals surface area (Å²) < 4.78 is 44.9. The third kappa shape index (κ3) is 11.4. The van der Waals surface area contributed by atoms with Crippen LogP contribution in [0.4, 0.5) is 0 Å². The van der Waals surface area contributed by atoms with Crippen LogP contribution in [0.25, 0.3) is 0 Å². The van der Waals surface area contributed by atoms with Gasteiger partial charge in [0, 0.05) is 5.41 Å². The van der Waals surface area contributed by atoms with Gasteiger partial charge in [0.1, 0.15) is 23.4 Å². The molecule has 0 radical (unpaired) electrons. The SMILES string of the molecule is CCC(C)(C)C(=O)OC(C)(C)C12CC3CC(CC(C3)C1)C2.CCC(C)(C)C(=O)OC1C2CC3C(=O)OC1C3O2.CCC(C)(C)C(=O)OC1C2CC3C(=O)OC1C3O2.CCC1(OC(=O)C(C)(C)CC)CCCCC1. The molecule has 11 rings (SSSR count). The van der Waals surface area contributed by atoms with Crippen LogP contribution in [0, 0.1) is 56.7 Å². The van der Waals surface area contributed by atoms with E-state index in [1.165, 1.54) is 57.8 Å². The fraction of sp³-hybridized carbons (Fsp3) is 0.898. The highest BCUT2D eigenvalue weighted by Crippen LogP contribution is 2.64. The first-order valence-electron chi connectivity index (χ1n) is 28.6. The minimum Gasteiger partial charge on any atom is -0.459 e. The van der Waals surface area contributed by atoms with Crippen molar-refractivity contribution in [3.63, 3.8) is 0 Å². The lowest BCUT2D eigenvalue weighted by atomic mass is 9.46. The van der Waals surface area contributed by atoms with Crippen LogP contribution in [0.2, 0.25) is 0 Å². The molecule has 6 saturated heterocycles. The third-order valence-electron chi connectivity index (χ3n) is 20.2. The lowest BCUT2D eigenvalue weighted by Crippen LogP contribution is -2.58. The highest BCUT2D eigenvalue weighted by molar-refractivity contribution is 5.80. The zero-order chi connectivity index (χ0) is 53.9. The second-order valence-electron chi connectivity index (χ2n) is 27.0. The first-order chi connectivity index (χ1) is 34.0. The molecule has 8 bridgehead atoms. The Hall–Kier alpha value is -3.26. The summed E-state index contributed by atoms with van der Waals surface area (Å²) in [6.45, 7) is 29.9. The van der Waals surface area contributed by atoms with E-state index in [0.717, 1.165) is 49.9 Å². The van der Waals surface area contributed by atoms with E-state index in [2.05, 4.69) is 27.7 Å². The van der Waals surface area contributed by atoms with Gasteiger partial charge in [-0.1, -0.05) is 41.0 Å². The monoisotopic (exact) mass is 1030 g/mol. The maximum absolute atomic E-state index is 12.6. The Balaban J connectivity index is 0.000000143. The first-order valence-corrected chi connectivity index (χ1v) is 28.6. The van der Waals surface area contributed by atoms with Crippen molar-refractivity contribution in [3.05, 3.63) is 0 Å².